The number of hydrogen-bond donors (Lipinski definition) is 1. The van der Waals surface area contributed by atoms with E-state index in [0.29, 0.717) is 28.9 Å². The number of halogens is 2. The molecule has 1 atom stereocenters. The van der Waals surface area contributed by atoms with Crippen molar-refractivity contribution in [2.45, 2.75) is 63.7 Å². The van der Waals surface area contributed by atoms with Crippen LogP contribution in [0.3, 0.4) is 0 Å². The summed E-state index contributed by atoms with van der Waals surface area (Å²) in [6, 6.07) is 1.87. The number of fused-ring (bicyclic) bond motifs is 1. The molecule has 0 saturated heterocycles. The van der Waals surface area contributed by atoms with Gasteiger partial charge in [-0.2, -0.15) is 0 Å². The van der Waals surface area contributed by atoms with Gasteiger partial charge in [0.15, 0.2) is 0 Å². The van der Waals surface area contributed by atoms with E-state index in [1.807, 2.05) is 6.07 Å². The van der Waals surface area contributed by atoms with Gasteiger partial charge < -0.3 is 4.98 Å². The fourth-order valence-electron chi connectivity index (χ4n) is 2.92. The van der Waals surface area contributed by atoms with Crippen LogP contribution in [0.25, 0.3) is 10.2 Å². The smallest absolute Gasteiger partial charge is 0.259 e. The fraction of sp³-hybridized carbons (Fsp3) is 0.625. The normalized spacial score (nSPS) is 22.1. The van der Waals surface area contributed by atoms with Crippen LogP contribution in [0.2, 0.25) is 0 Å². The van der Waals surface area contributed by atoms with Crippen LogP contribution in [-0.4, -0.2) is 15.9 Å². The van der Waals surface area contributed by atoms with Gasteiger partial charge in [-0.25, -0.2) is 13.8 Å². The SMILES string of the molecule is CC(C)(C)c1cc2c(=O)[nH]c([C@H]3CCCC(F)(F)C3)nc2s1. The topological polar surface area (TPSA) is 45.8 Å². The lowest BCUT2D eigenvalue weighted by molar-refractivity contribution is -0.0417. The van der Waals surface area contributed by atoms with Crippen LogP contribution in [0.1, 0.15) is 63.1 Å². The van der Waals surface area contributed by atoms with Gasteiger partial charge in [-0.1, -0.05) is 20.8 Å². The lowest BCUT2D eigenvalue weighted by Crippen LogP contribution is -2.27. The molecule has 22 heavy (non-hydrogen) atoms. The predicted molar refractivity (Wildman–Crippen MR) is 85.1 cm³/mol. The average molecular weight is 326 g/mol. The third-order valence-corrected chi connectivity index (χ3v) is 5.64. The molecule has 0 spiro atoms. The second-order valence-electron chi connectivity index (χ2n) is 7.18. The monoisotopic (exact) mass is 326 g/mol. The highest BCUT2D eigenvalue weighted by Crippen LogP contribution is 2.41. The van der Waals surface area contributed by atoms with E-state index in [9.17, 15) is 13.6 Å². The first-order chi connectivity index (χ1) is 10.2. The summed E-state index contributed by atoms with van der Waals surface area (Å²) in [4.78, 5) is 21.2. The highest BCUT2D eigenvalue weighted by molar-refractivity contribution is 7.18. The number of alkyl halides is 2. The number of H-pyrrole nitrogens is 1. The largest absolute Gasteiger partial charge is 0.310 e. The molecule has 2 aromatic heterocycles. The lowest BCUT2D eigenvalue weighted by Gasteiger charge is -2.28. The number of nitrogens with zero attached hydrogens (tertiary/aromatic N) is 1. The number of nitrogens with one attached hydrogen (secondary N) is 1. The Morgan fingerprint density at radius 2 is 2.14 bits per heavy atom. The minimum absolute atomic E-state index is 0.0597. The average Bonchev–Trinajstić information content (AvgIpc) is 2.82. The minimum Gasteiger partial charge on any atom is -0.310 e. The molecule has 6 heteroatoms. The van der Waals surface area contributed by atoms with E-state index in [1.165, 1.54) is 11.3 Å². The Bertz CT molecular complexity index is 758. The molecular formula is C16H20F2N2OS. The summed E-state index contributed by atoms with van der Waals surface area (Å²) in [5, 5.41) is 0.557. The standard InChI is InChI=1S/C16H20F2N2OS/c1-15(2,3)11-7-10-13(21)19-12(20-14(10)22-11)9-5-4-6-16(17,18)8-9/h7,9H,4-6,8H2,1-3H3,(H,19,20,21)/t9-/m0/s1. The number of thiophene rings is 1. The molecule has 0 amide bonds. The van der Waals surface area contributed by atoms with Gasteiger partial charge in [0, 0.05) is 23.6 Å². The van der Waals surface area contributed by atoms with E-state index in [1.54, 1.807) is 0 Å². The molecule has 3 rings (SSSR count). The zero-order valence-corrected chi connectivity index (χ0v) is 13.8. The Labute approximate surface area is 131 Å². The minimum atomic E-state index is -2.65. The van der Waals surface area contributed by atoms with Crippen LogP contribution in [0.4, 0.5) is 8.78 Å². The molecule has 1 saturated carbocycles. The summed E-state index contributed by atoms with van der Waals surface area (Å²) in [7, 11) is 0. The number of aromatic nitrogens is 2. The highest BCUT2D eigenvalue weighted by Gasteiger charge is 2.38. The summed E-state index contributed by atoms with van der Waals surface area (Å²) in [6.07, 6.45) is 0.834. The maximum absolute atomic E-state index is 13.6. The molecule has 1 N–H and O–H groups in total. The summed E-state index contributed by atoms with van der Waals surface area (Å²) < 4.78 is 27.2. The summed E-state index contributed by atoms with van der Waals surface area (Å²) in [5.74, 6) is -2.59. The maximum atomic E-state index is 13.6. The summed E-state index contributed by atoms with van der Waals surface area (Å²) in [6.45, 7) is 6.23. The Balaban J connectivity index is 2.04. The molecule has 0 unspecified atom stereocenters. The molecule has 120 valence electrons. The van der Waals surface area contributed by atoms with Gasteiger partial charge in [-0.3, -0.25) is 4.79 Å². The van der Waals surface area contributed by atoms with Gasteiger partial charge >= 0.3 is 0 Å². The maximum Gasteiger partial charge on any atom is 0.259 e. The Morgan fingerprint density at radius 3 is 2.77 bits per heavy atom. The number of hydrogen-bond acceptors (Lipinski definition) is 3. The predicted octanol–water partition coefficient (Wildman–Crippen LogP) is 4.58. The van der Waals surface area contributed by atoms with Crippen molar-refractivity contribution in [1.82, 2.24) is 9.97 Å². The second-order valence-corrected chi connectivity index (χ2v) is 8.21. The molecule has 3 nitrogen and oxygen atoms in total. The van der Waals surface area contributed by atoms with Crippen molar-refractivity contribution in [1.29, 1.82) is 0 Å². The number of rotatable bonds is 1. The van der Waals surface area contributed by atoms with Gasteiger partial charge in [0.1, 0.15) is 10.7 Å². The molecule has 2 heterocycles. The van der Waals surface area contributed by atoms with Crippen molar-refractivity contribution in [2.75, 3.05) is 0 Å². The lowest BCUT2D eigenvalue weighted by atomic mass is 9.86. The van der Waals surface area contributed by atoms with Crippen LogP contribution in [-0.2, 0) is 5.41 Å². The van der Waals surface area contributed by atoms with Crippen molar-refractivity contribution in [3.05, 3.63) is 27.1 Å². The van der Waals surface area contributed by atoms with E-state index < -0.39 is 5.92 Å². The van der Waals surface area contributed by atoms with Crippen molar-refractivity contribution < 1.29 is 8.78 Å². The van der Waals surface area contributed by atoms with E-state index in [0.717, 1.165) is 4.88 Å². The molecule has 0 aromatic carbocycles. The molecular weight excluding hydrogens is 306 g/mol. The fourth-order valence-corrected chi connectivity index (χ4v) is 4.01. The summed E-state index contributed by atoms with van der Waals surface area (Å²) in [5.41, 5.74) is -0.281. The van der Waals surface area contributed by atoms with Crippen LogP contribution in [0.5, 0.6) is 0 Å². The van der Waals surface area contributed by atoms with Crippen molar-refractivity contribution >= 4 is 21.6 Å². The Kier molecular flexibility index (Phi) is 3.62. The van der Waals surface area contributed by atoms with Gasteiger partial charge in [-0.15, -0.1) is 11.3 Å². The van der Waals surface area contributed by atoms with Crippen LogP contribution in [0.15, 0.2) is 10.9 Å². The molecule has 0 bridgehead atoms. The van der Waals surface area contributed by atoms with Crippen LogP contribution in [0, 0.1) is 0 Å². The van der Waals surface area contributed by atoms with Crippen molar-refractivity contribution in [3.63, 3.8) is 0 Å². The molecule has 1 aliphatic rings. The van der Waals surface area contributed by atoms with E-state index in [2.05, 4.69) is 30.7 Å². The zero-order chi connectivity index (χ0) is 16.1. The second kappa shape index (κ2) is 5.11. The van der Waals surface area contributed by atoms with E-state index in [-0.39, 0.29) is 29.7 Å². The molecule has 0 radical (unpaired) electrons. The number of aromatic amines is 1. The molecule has 0 aliphatic heterocycles. The quantitative estimate of drug-likeness (QED) is 0.834. The van der Waals surface area contributed by atoms with E-state index in [4.69, 9.17) is 0 Å². The highest BCUT2D eigenvalue weighted by atomic mass is 32.1. The van der Waals surface area contributed by atoms with Crippen LogP contribution >= 0.6 is 11.3 Å². The first-order valence-corrected chi connectivity index (χ1v) is 8.39. The van der Waals surface area contributed by atoms with Crippen molar-refractivity contribution in [3.8, 4) is 0 Å². The van der Waals surface area contributed by atoms with E-state index >= 15 is 0 Å². The summed E-state index contributed by atoms with van der Waals surface area (Å²) >= 11 is 1.48. The Hall–Kier alpha value is -1.30. The van der Waals surface area contributed by atoms with Crippen molar-refractivity contribution in [2.24, 2.45) is 0 Å². The molecule has 2 aromatic rings. The Morgan fingerprint density at radius 1 is 1.41 bits per heavy atom. The van der Waals surface area contributed by atoms with Gasteiger partial charge in [0.25, 0.3) is 5.56 Å². The molecule has 1 aliphatic carbocycles. The third kappa shape index (κ3) is 2.93. The van der Waals surface area contributed by atoms with Gasteiger partial charge in [-0.05, 0) is 24.3 Å². The van der Waals surface area contributed by atoms with Gasteiger partial charge in [0.2, 0.25) is 5.92 Å². The first kappa shape index (κ1) is 15.6. The first-order valence-electron chi connectivity index (χ1n) is 7.58. The zero-order valence-electron chi connectivity index (χ0n) is 13.0. The molecule has 1 fully saturated rings. The van der Waals surface area contributed by atoms with Crippen LogP contribution < -0.4 is 5.56 Å². The van der Waals surface area contributed by atoms with Gasteiger partial charge in [0.05, 0.1) is 5.39 Å². The third-order valence-electron chi connectivity index (χ3n) is 4.19.